The van der Waals surface area contributed by atoms with E-state index in [9.17, 15) is 9.59 Å². The van der Waals surface area contributed by atoms with Crippen LogP contribution >= 0.6 is 11.6 Å². The minimum absolute atomic E-state index is 0.0751. The lowest BCUT2D eigenvalue weighted by molar-refractivity contribution is -0.122. The maximum absolute atomic E-state index is 14.0. The van der Waals surface area contributed by atoms with Crippen LogP contribution in [-0.4, -0.2) is 24.5 Å². The third-order valence-corrected chi connectivity index (χ3v) is 6.36. The molecule has 0 saturated heterocycles. The molecule has 6 rings (SSSR count). The summed E-state index contributed by atoms with van der Waals surface area (Å²) in [5.74, 6) is 1.78. The Morgan fingerprint density at radius 2 is 1.74 bits per heavy atom. The molecular formula is C24H16ClNO5. The average molecular weight is 434 g/mol. The zero-order chi connectivity index (χ0) is 21.2. The van der Waals surface area contributed by atoms with Gasteiger partial charge in [-0.25, -0.2) is 0 Å². The first-order chi connectivity index (χ1) is 15.1. The standard InChI is InChI=1S/C24H16ClNO5/c25-22(27)15-5-3-4-14(8-15)11-26-18-7-2-1-6-16(18)24(23(26)28)12-29-19-10-21-20(9-17(19)24)30-13-31-21/h1-10H,11-13H2. The minimum atomic E-state index is -0.952. The summed E-state index contributed by atoms with van der Waals surface area (Å²) in [7, 11) is 0. The van der Waals surface area contributed by atoms with Gasteiger partial charge in [-0.05, 0) is 40.9 Å². The number of halogens is 1. The van der Waals surface area contributed by atoms with Crippen LogP contribution in [-0.2, 0) is 16.8 Å². The number of rotatable bonds is 3. The topological polar surface area (TPSA) is 65.1 Å². The maximum atomic E-state index is 14.0. The van der Waals surface area contributed by atoms with Gasteiger partial charge in [-0.15, -0.1) is 0 Å². The third-order valence-electron chi connectivity index (χ3n) is 6.14. The van der Waals surface area contributed by atoms with Gasteiger partial charge in [0, 0.05) is 22.9 Å². The Balaban J connectivity index is 1.47. The van der Waals surface area contributed by atoms with Crippen molar-refractivity contribution >= 4 is 28.4 Å². The second-order valence-electron chi connectivity index (χ2n) is 7.78. The zero-order valence-corrected chi connectivity index (χ0v) is 17.0. The highest BCUT2D eigenvalue weighted by atomic mass is 35.5. The van der Waals surface area contributed by atoms with E-state index in [-0.39, 0.29) is 19.3 Å². The Hall–Kier alpha value is -3.51. The highest BCUT2D eigenvalue weighted by Crippen LogP contribution is 2.55. The molecule has 7 heteroatoms. The first kappa shape index (κ1) is 18.3. The average Bonchev–Trinajstić information content (AvgIpc) is 3.45. The number of amides is 1. The van der Waals surface area contributed by atoms with E-state index in [0.29, 0.717) is 29.4 Å². The van der Waals surface area contributed by atoms with Crippen molar-refractivity contribution in [2.75, 3.05) is 18.3 Å². The third kappa shape index (κ3) is 2.51. The van der Waals surface area contributed by atoms with E-state index < -0.39 is 10.7 Å². The molecule has 0 radical (unpaired) electrons. The van der Waals surface area contributed by atoms with Crippen LogP contribution in [0.4, 0.5) is 5.69 Å². The summed E-state index contributed by atoms with van der Waals surface area (Å²) in [6.07, 6.45) is 0. The van der Waals surface area contributed by atoms with E-state index in [0.717, 1.165) is 22.4 Å². The van der Waals surface area contributed by atoms with Crippen molar-refractivity contribution in [3.8, 4) is 17.2 Å². The Bertz CT molecular complexity index is 1270. The largest absolute Gasteiger partial charge is 0.491 e. The van der Waals surface area contributed by atoms with Crippen molar-refractivity contribution < 1.29 is 23.8 Å². The Morgan fingerprint density at radius 1 is 0.935 bits per heavy atom. The van der Waals surface area contributed by atoms with Gasteiger partial charge in [0.15, 0.2) is 11.5 Å². The molecule has 6 nitrogen and oxygen atoms in total. The number of ether oxygens (including phenoxy) is 3. The molecule has 3 aliphatic rings. The number of fused-ring (bicyclic) bond motifs is 5. The molecule has 31 heavy (non-hydrogen) atoms. The van der Waals surface area contributed by atoms with Crippen molar-refractivity contribution in [2.24, 2.45) is 0 Å². The summed E-state index contributed by atoms with van der Waals surface area (Å²) >= 11 is 5.64. The van der Waals surface area contributed by atoms with Crippen molar-refractivity contribution in [3.63, 3.8) is 0 Å². The van der Waals surface area contributed by atoms with Crippen LogP contribution in [0.15, 0.2) is 60.7 Å². The van der Waals surface area contributed by atoms with Gasteiger partial charge in [0.2, 0.25) is 12.7 Å². The van der Waals surface area contributed by atoms with Gasteiger partial charge in [0.1, 0.15) is 17.8 Å². The maximum Gasteiger partial charge on any atom is 0.252 e. The molecule has 0 aromatic heterocycles. The minimum Gasteiger partial charge on any atom is -0.491 e. The normalized spacial score (nSPS) is 20.0. The molecule has 3 aromatic carbocycles. The Labute approximate surface area is 182 Å². The smallest absolute Gasteiger partial charge is 0.252 e. The lowest BCUT2D eigenvalue weighted by atomic mass is 9.77. The van der Waals surface area contributed by atoms with Crippen LogP contribution in [0.1, 0.15) is 27.0 Å². The van der Waals surface area contributed by atoms with Gasteiger partial charge in [0.25, 0.3) is 5.24 Å². The molecule has 154 valence electrons. The molecule has 0 N–H and O–H groups in total. The highest BCUT2D eigenvalue weighted by Gasteiger charge is 2.57. The van der Waals surface area contributed by atoms with Crippen LogP contribution < -0.4 is 19.1 Å². The van der Waals surface area contributed by atoms with Gasteiger partial charge in [-0.1, -0.05) is 36.4 Å². The van der Waals surface area contributed by atoms with E-state index in [1.807, 2.05) is 36.4 Å². The summed E-state index contributed by atoms with van der Waals surface area (Å²) in [6, 6.07) is 18.4. The van der Waals surface area contributed by atoms with Crippen molar-refractivity contribution in [1.82, 2.24) is 0 Å². The summed E-state index contributed by atoms with van der Waals surface area (Å²) in [6.45, 7) is 0.671. The molecule has 3 aliphatic heterocycles. The first-order valence-corrected chi connectivity index (χ1v) is 10.2. The van der Waals surface area contributed by atoms with Gasteiger partial charge in [-0.2, -0.15) is 0 Å². The van der Waals surface area contributed by atoms with Gasteiger partial charge in [-0.3, -0.25) is 9.59 Å². The molecule has 0 aliphatic carbocycles. The van der Waals surface area contributed by atoms with E-state index >= 15 is 0 Å². The fraction of sp³-hybridized carbons (Fsp3) is 0.167. The van der Waals surface area contributed by atoms with E-state index in [2.05, 4.69) is 0 Å². The fourth-order valence-corrected chi connectivity index (χ4v) is 4.81. The molecule has 1 unspecified atom stereocenters. The Morgan fingerprint density at radius 3 is 2.58 bits per heavy atom. The molecule has 3 aromatic rings. The highest BCUT2D eigenvalue weighted by molar-refractivity contribution is 6.67. The van der Waals surface area contributed by atoms with Crippen LogP contribution in [0.25, 0.3) is 0 Å². The predicted octanol–water partition coefficient (Wildman–Crippen LogP) is 4.02. The molecular weight excluding hydrogens is 418 g/mol. The van der Waals surface area contributed by atoms with Crippen LogP contribution in [0.3, 0.4) is 0 Å². The number of carbonyl (C=O) groups excluding carboxylic acids is 2. The summed E-state index contributed by atoms with van der Waals surface area (Å²) < 4.78 is 17.0. The number of carbonyl (C=O) groups is 2. The number of hydrogen-bond acceptors (Lipinski definition) is 5. The summed E-state index contributed by atoms with van der Waals surface area (Å²) in [5.41, 5.74) is 2.76. The van der Waals surface area contributed by atoms with E-state index in [4.69, 9.17) is 25.8 Å². The SMILES string of the molecule is O=C(Cl)c1cccc(CN2C(=O)C3(COc4cc5c(cc43)OCO5)c3ccccc32)c1. The number of anilines is 1. The van der Waals surface area contributed by atoms with E-state index in [1.165, 1.54) is 0 Å². The molecule has 0 fully saturated rings. The molecule has 3 heterocycles. The molecule has 0 bridgehead atoms. The Kier molecular flexibility index (Phi) is 3.83. The second-order valence-corrected chi connectivity index (χ2v) is 8.12. The van der Waals surface area contributed by atoms with Gasteiger partial charge < -0.3 is 19.1 Å². The first-order valence-electron chi connectivity index (χ1n) is 9.85. The zero-order valence-electron chi connectivity index (χ0n) is 16.3. The molecule has 1 amide bonds. The fourth-order valence-electron chi connectivity index (χ4n) is 4.70. The summed E-state index contributed by atoms with van der Waals surface area (Å²) in [4.78, 5) is 27.3. The van der Waals surface area contributed by atoms with Crippen molar-refractivity contribution in [3.05, 3.63) is 82.9 Å². The quantitative estimate of drug-likeness (QED) is 0.584. The number of nitrogens with zero attached hydrogens (tertiary/aromatic N) is 1. The van der Waals surface area contributed by atoms with Gasteiger partial charge in [0.05, 0.1) is 6.54 Å². The van der Waals surface area contributed by atoms with Crippen molar-refractivity contribution in [2.45, 2.75) is 12.0 Å². The van der Waals surface area contributed by atoms with Crippen LogP contribution in [0.5, 0.6) is 17.2 Å². The van der Waals surface area contributed by atoms with E-state index in [1.54, 1.807) is 29.2 Å². The van der Waals surface area contributed by atoms with Crippen molar-refractivity contribution in [1.29, 1.82) is 0 Å². The molecule has 1 spiro atoms. The summed E-state index contributed by atoms with van der Waals surface area (Å²) in [5, 5.41) is -0.527. The predicted molar refractivity (Wildman–Crippen MR) is 113 cm³/mol. The molecule has 1 atom stereocenters. The second kappa shape index (κ2) is 6.49. The number of para-hydroxylation sites is 1. The number of benzene rings is 3. The number of hydrogen-bond donors (Lipinski definition) is 0. The molecule has 0 saturated carbocycles. The lowest BCUT2D eigenvalue weighted by Crippen LogP contribution is -2.42. The lowest BCUT2D eigenvalue weighted by Gasteiger charge is -2.23. The van der Waals surface area contributed by atoms with Gasteiger partial charge >= 0.3 is 0 Å². The van der Waals surface area contributed by atoms with Crippen LogP contribution in [0.2, 0.25) is 0 Å². The monoisotopic (exact) mass is 433 g/mol. The van der Waals surface area contributed by atoms with Crippen LogP contribution in [0, 0.1) is 0 Å².